The van der Waals surface area contributed by atoms with Crippen LogP contribution in [0.4, 0.5) is 29.5 Å². The lowest BCUT2D eigenvalue weighted by atomic mass is 10.2. The third kappa shape index (κ3) is 5.46. The van der Waals surface area contributed by atoms with Crippen LogP contribution in [-0.4, -0.2) is 34.4 Å². The first-order valence-electron chi connectivity index (χ1n) is 8.99. The van der Waals surface area contributed by atoms with Crippen LogP contribution in [0.2, 0.25) is 0 Å². The van der Waals surface area contributed by atoms with Crippen LogP contribution in [0.25, 0.3) is 11.5 Å². The number of carbonyl (C=O) groups excluding carboxylic acids is 1. The third-order valence-electron chi connectivity index (χ3n) is 3.86. The van der Waals surface area contributed by atoms with Crippen molar-refractivity contribution in [2.75, 3.05) is 18.5 Å². The lowest BCUT2D eigenvalue weighted by Gasteiger charge is -2.10. The van der Waals surface area contributed by atoms with Gasteiger partial charge in [0.15, 0.2) is 0 Å². The van der Waals surface area contributed by atoms with E-state index in [1.807, 2.05) is 0 Å². The van der Waals surface area contributed by atoms with E-state index in [1.54, 1.807) is 19.1 Å². The van der Waals surface area contributed by atoms with Gasteiger partial charge in [-0.15, -0.1) is 10.2 Å². The van der Waals surface area contributed by atoms with Gasteiger partial charge in [0.2, 0.25) is 5.89 Å². The highest BCUT2D eigenvalue weighted by Gasteiger charge is 2.30. The summed E-state index contributed by atoms with van der Waals surface area (Å²) >= 11 is 0. The maximum atomic E-state index is 12.7. The summed E-state index contributed by atoms with van der Waals surface area (Å²) in [5.41, 5.74) is 0.156. The molecular weight excluding hydrogens is 403 g/mol. The molecule has 158 valence electrons. The smallest absolute Gasteiger partial charge is 0.416 e. The van der Waals surface area contributed by atoms with Crippen molar-refractivity contribution < 1.29 is 27.1 Å². The molecule has 30 heavy (non-hydrogen) atoms. The van der Waals surface area contributed by atoms with E-state index in [0.29, 0.717) is 29.4 Å². The summed E-state index contributed by atoms with van der Waals surface area (Å²) in [4.78, 5) is 15.5. The fraction of sp³-hybridized carbons (Fsp3) is 0.263. The van der Waals surface area contributed by atoms with Crippen LogP contribution in [-0.2, 0) is 17.3 Å². The van der Waals surface area contributed by atoms with Gasteiger partial charge in [0, 0.05) is 24.8 Å². The molecule has 2 heterocycles. The molecule has 2 N–H and O–H groups in total. The van der Waals surface area contributed by atoms with Crippen molar-refractivity contribution in [1.29, 1.82) is 0 Å². The molecule has 0 radical (unpaired) electrons. The number of rotatable bonds is 7. The first-order valence-corrected chi connectivity index (χ1v) is 8.99. The molecule has 1 aromatic carbocycles. The average Bonchev–Trinajstić information content (AvgIpc) is 3.17. The lowest BCUT2D eigenvalue weighted by molar-refractivity contribution is -0.137. The summed E-state index contributed by atoms with van der Waals surface area (Å²) in [7, 11) is 0. The van der Waals surface area contributed by atoms with Crippen LogP contribution in [0.1, 0.15) is 18.4 Å². The van der Waals surface area contributed by atoms with E-state index in [-0.39, 0.29) is 19.0 Å². The number of hydrogen-bond acceptors (Lipinski definition) is 7. The number of pyridine rings is 1. The SMILES string of the molecule is CCOC(=O)NCCc1nnc(-c2cccnc2Nc2ccc(C(F)(F)F)cc2)o1. The molecule has 0 fully saturated rings. The van der Waals surface area contributed by atoms with E-state index in [2.05, 4.69) is 25.8 Å². The molecule has 11 heteroatoms. The van der Waals surface area contributed by atoms with Crippen molar-refractivity contribution in [2.45, 2.75) is 19.5 Å². The molecule has 0 atom stereocenters. The Morgan fingerprint density at radius 2 is 1.93 bits per heavy atom. The van der Waals surface area contributed by atoms with E-state index in [1.165, 1.54) is 18.3 Å². The molecule has 0 aliphatic heterocycles. The van der Waals surface area contributed by atoms with Gasteiger partial charge < -0.3 is 19.8 Å². The lowest BCUT2D eigenvalue weighted by Crippen LogP contribution is -2.26. The van der Waals surface area contributed by atoms with Crippen LogP contribution in [0.15, 0.2) is 47.0 Å². The maximum absolute atomic E-state index is 12.7. The van der Waals surface area contributed by atoms with Gasteiger partial charge >= 0.3 is 12.3 Å². The summed E-state index contributed by atoms with van der Waals surface area (Å²) in [5, 5.41) is 13.4. The van der Waals surface area contributed by atoms with E-state index in [9.17, 15) is 18.0 Å². The number of nitrogens with one attached hydrogen (secondary N) is 2. The molecule has 0 saturated heterocycles. The molecule has 3 rings (SSSR count). The van der Waals surface area contributed by atoms with Crippen molar-refractivity contribution in [3.8, 4) is 11.5 Å². The number of alkyl carbamates (subject to hydrolysis) is 1. The van der Waals surface area contributed by atoms with E-state index in [4.69, 9.17) is 9.15 Å². The highest BCUT2D eigenvalue weighted by atomic mass is 19.4. The molecule has 8 nitrogen and oxygen atoms in total. The van der Waals surface area contributed by atoms with Gasteiger partial charge in [0.1, 0.15) is 5.82 Å². The highest BCUT2D eigenvalue weighted by molar-refractivity contribution is 5.73. The molecule has 0 aliphatic rings. The monoisotopic (exact) mass is 421 g/mol. The minimum absolute atomic E-state index is 0.184. The fourth-order valence-corrected chi connectivity index (χ4v) is 2.47. The number of halogens is 3. The molecule has 0 aliphatic carbocycles. The van der Waals surface area contributed by atoms with Crippen LogP contribution in [0.3, 0.4) is 0 Å². The molecule has 3 aromatic rings. The number of alkyl halides is 3. The highest BCUT2D eigenvalue weighted by Crippen LogP contribution is 2.31. The number of nitrogens with zero attached hydrogens (tertiary/aromatic N) is 3. The summed E-state index contributed by atoms with van der Waals surface area (Å²) < 4.78 is 48.5. The zero-order valence-corrected chi connectivity index (χ0v) is 15.9. The Balaban J connectivity index is 1.70. The number of carbonyl (C=O) groups is 1. The minimum atomic E-state index is -4.41. The molecule has 0 saturated carbocycles. The standard InChI is InChI=1S/C19H18F3N5O3/c1-2-29-18(28)24-11-9-15-26-27-17(30-15)14-4-3-10-23-16(14)25-13-7-5-12(6-8-13)19(20,21)22/h3-8,10H,2,9,11H2,1H3,(H,23,25)(H,24,28). The Morgan fingerprint density at radius 3 is 2.63 bits per heavy atom. The normalized spacial score (nSPS) is 11.2. The van der Waals surface area contributed by atoms with Crippen molar-refractivity contribution in [3.63, 3.8) is 0 Å². The summed E-state index contributed by atoms with van der Waals surface area (Å²) in [6.45, 7) is 2.23. The van der Waals surface area contributed by atoms with Gasteiger partial charge in [-0.1, -0.05) is 0 Å². The number of anilines is 2. The molecule has 2 aromatic heterocycles. The van der Waals surface area contributed by atoms with Crippen LogP contribution in [0, 0.1) is 0 Å². The number of hydrogen-bond donors (Lipinski definition) is 2. The first kappa shape index (κ1) is 21.1. The Morgan fingerprint density at radius 1 is 1.17 bits per heavy atom. The van der Waals surface area contributed by atoms with Crippen LogP contribution < -0.4 is 10.6 Å². The van der Waals surface area contributed by atoms with Gasteiger partial charge in [0.25, 0.3) is 5.89 Å². The Bertz CT molecular complexity index is 990. The van der Waals surface area contributed by atoms with E-state index in [0.717, 1.165) is 12.1 Å². The second-order valence-electron chi connectivity index (χ2n) is 6.00. The Labute approximate surface area is 169 Å². The Kier molecular flexibility index (Phi) is 6.50. The quantitative estimate of drug-likeness (QED) is 0.590. The average molecular weight is 421 g/mol. The predicted molar refractivity (Wildman–Crippen MR) is 101 cm³/mol. The van der Waals surface area contributed by atoms with Crippen LogP contribution >= 0.6 is 0 Å². The third-order valence-corrected chi connectivity index (χ3v) is 3.86. The van der Waals surface area contributed by atoms with Crippen molar-refractivity contribution in [3.05, 3.63) is 54.0 Å². The van der Waals surface area contributed by atoms with Gasteiger partial charge in [-0.05, 0) is 43.3 Å². The number of amides is 1. The molecule has 0 unspecified atom stereocenters. The summed E-state index contributed by atoms with van der Waals surface area (Å²) in [6.07, 6.45) is -3.12. The van der Waals surface area contributed by atoms with Gasteiger partial charge in [-0.3, -0.25) is 0 Å². The van der Waals surface area contributed by atoms with Crippen molar-refractivity contribution >= 4 is 17.6 Å². The van der Waals surface area contributed by atoms with Gasteiger partial charge in [-0.2, -0.15) is 13.2 Å². The second-order valence-corrected chi connectivity index (χ2v) is 6.00. The molecule has 0 spiro atoms. The van der Waals surface area contributed by atoms with Crippen LogP contribution in [0.5, 0.6) is 0 Å². The largest absolute Gasteiger partial charge is 0.450 e. The molecular formula is C19H18F3N5O3. The van der Waals surface area contributed by atoms with Gasteiger partial charge in [0.05, 0.1) is 17.7 Å². The zero-order chi connectivity index (χ0) is 21.6. The Hall–Kier alpha value is -3.63. The zero-order valence-electron chi connectivity index (χ0n) is 15.9. The molecule has 1 amide bonds. The summed E-state index contributed by atoms with van der Waals surface area (Å²) in [6, 6.07) is 7.93. The fourth-order valence-electron chi connectivity index (χ4n) is 2.47. The number of benzene rings is 1. The first-order chi connectivity index (χ1) is 14.4. The number of aromatic nitrogens is 3. The maximum Gasteiger partial charge on any atom is 0.416 e. The topological polar surface area (TPSA) is 102 Å². The second kappa shape index (κ2) is 9.25. The van der Waals surface area contributed by atoms with E-state index >= 15 is 0 Å². The molecule has 0 bridgehead atoms. The summed E-state index contributed by atoms with van der Waals surface area (Å²) in [5.74, 6) is 0.826. The minimum Gasteiger partial charge on any atom is -0.450 e. The van der Waals surface area contributed by atoms with Crippen molar-refractivity contribution in [1.82, 2.24) is 20.5 Å². The number of ether oxygens (including phenoxy) is 1. The predicted octanol–water partition coefficient (Wildman–Crippen LogP) is 4.18. The van der Waals surface area contributed by atoms with E-state index < -0.39 is 17.8 Å². The van der Waals surface area contributed by atoms with Crippen molar-refractivity contribution in [2.24, 2.45) is 0 Å². The van der Waals surface area contributed by atoms with Gasteiger partial charge in [-0.25, -0.2) is 9.78 Å².